The van der Waals surface area contributed by atoms with Crippen molar-refractivity contribution in [3.8, 4) is 0 Å². The highest BCUT2D eigenvalue weighted by molar-refractivity contribution is 8.00. The Morgan fingerprint density at radius 3 is 2.81 bits per heavy atom. The van der Waals surface area contributed by atoms with E-state index in [1.807, 2.05) is 12.1 Å². The Morgan fingerprint density at radius 2 is 1.94 bits per heavy atom. The number of thioether (sulfide) groups is 1. The number of halogens is 1. The molecule has 0 saturated carbocycles. The summed E-state index contributed by atoms with van der Waals surface area (Å²) in [7, 11) is 0. The number of hydrogen-bond acceptors (Lipinski definition) is 7. The number of para-hydroxylation sites is 1. The molecule has 0 spiro atoms. The van der Waals surface area contributed by atoms with E-state index in [9.17, 15) is 4.79 Å². The van der Waals surface area contributed by atoms with Crippen molar-refractivity contribution in [2.45, 2.75) is 18.0 Å². The minimum atomic E-state index is -0.137. The molecule has 1 aliphatic rings. The average Bonchev–Trinajstić information content (AvgIpc) is 3.24. The van der Waals surface area contributed by atoms with Gasteiger partial charge < -0.3 is 10.2 Å². The lowest BCUT2D eigenvalue weighted by molar-refractivity contribution is -0.113. The zero-order valence-electron chi connectivity index (χ0n) is 16.4. The van der Waals surface area contributed by atoms with Crippen molar-refractivity contribution < 1.29 is 4.79 Å². The number of anilines is 2. The SMILES string of the molecule is O=C(CSc1ncnc2nc(N3CCc4ccccc4C3)sc12)Nc1ccccc1Cl. The molecule has 31 heavy (non-hydrogen) atoms. The smallest absolute Gasteiger partial charge is 0.234 e. The van der Waals surface area contributed by atoms with Crippen LogP contribution in [0.5, 0.6) is 0 Å². The fourth-order valence-electron chi connectivity index (χ4n) is 3.50. The Hall–Kier alpha value is -2.68. The van der Waals surface area contributed by atoms with Gasteiger partial charge in [-0.1, -0.05) is 71.1 Å². The third kappa shape index (κ3) is 4.37. The summed E-state index contributed by atoms with van der Waals surface area (Å²) in [5.41, 5.74) is 4.02. The Balaban J connectivity index is 1.31. The summed E-state index contributed by atoms with van der Waals surface area (Å²) < 4.78 is 0.909. The second-order valence-electron chi connectivity index (χ2n) is 7.08. The third-order valence-corrected chi connectivity index (χ3v) is 7.60. The van der Waals surface area contributed by atoms with Crippen molar-refractivity contribution in [3.05, 3.63) is 71.0 Å². The van der Waals surface area contributed by atoms with Crippen molar-refractivity contribution >= 4 is 61.8 Å². The molecular weight excluding hydrogens is 450 g/mol. The van der Waals surface area contributed by atoms with E-state index in [1.54, 1.807) is 23.5 Å². The number of carbonyl (C=O) groups is 1. The summed E-state index contributed by atoms with van der Waals surface area (Å²) in [6.07, 6.45) is 2.51. The summed E-state index contributed by atoms with van der Waals surface area (Å²) in [6.45, 7) is 1.76. The molecule has 1 aliphatic heterocycles. The molecule has 0 aliphatic carbocycles. The molecule has 6 nitrogen and oxygen atoms in total. The summed E-state index contributed by atoms with van der Waals surface area (Å²) in [4.78, 5) is 28.1. The zero-order chi connectivity index (χ0) is 21.2. The van der Waals surface area contributed by atoms with Gasteiger partial charge in [-0.3, -0.25) is 4.79 Å². The van der Waals surface area contributed by atoms with E-state index in [2.05, 4.69) is 44.5 Å². The zero-order valence-corrected chi connectivity index (χ0v) is 18.8. The molecule has 0 atom stereocenters. The van der Waals surface area contributed by atoms with Gasteiger partial charge in [-0.05, 0) is 29.7 Å². The van der Waals surface area contributed by atoms with Crippen LogP contribution in [-0.4, -0.2) is 33.2 Å². The Morgan fingerprint density at radius 1 is 1.13 bits per heavy atom. The molecule has 0 fully saturated rings. The number of rotatable bonds is 5. The summed E-state index contributed by atoms with van der Waals surface area (Å²) in [6, 6.07) is 15.7. The monoisotopic (exact) mass is 467 g/mol. The lowest BCUT2D eigenvalue weighted by Gasteiger charge is -2.28. The van der Waals surface area contributed by atoms with Crippen LogP contribution in [0, 0.1) is 0 Å². The Bertz CT molecular complexity index is 1260. The van der Waals surface area contributed by atoms with Gasteiger partial charge in [0, 0.05) is 13.1 Å². The van der Waals surface area contributed by atoms with E-state index in [1.165, 1.54) is 29.2 Å². The number of carbonyl (C=O) groups excluding carboxylic acids is 1. The van der Waals surface area contributed by atoms with E-state index in [4.69, 9.17) is 16.6 Å². The Labute approximate surface area is 192 Å². The van der Waals surface area contributed by atoms with Crippen LogP contribution in [0.1, 0.15) is 11.1 Å². The second kappa shape index (κ2) is 8.82. The standard InChI is InChI=1S/C22H18ClN5OS2/c23-16-7-3-4-8-17(16)26-18(29)12-30-21-19-20(24-13-25-21)27-22(31-19)28-10-9-14-5-1-2-6-15(14)11-28/h1-8,13H,9-12H2,(H,26,29). The van der Waals surface area contributed by atoms with E-state index in [0.29, 0.717) is 16.4 Å². The fraction of sp³-hybridized carbons (Fsp3) is 0.182. The topological polar surface area (TPSA) is 71.0 Å². The number of benzene rings is 2. The molecule has 3 heterocycles. The highest BCUT2D eigenvalue weighted by Gasteiger charge is 2.21. The molecule has 0 bridgehead atoms. The molecule has 2 aromatic heterocycles. The van der Waals surface area contributed by atoms with Gasteiger partial charge in [0.1, 0.15) is 16.1 Å². The van der Waals surface area contributed by atoms with E-state index in [0.717, 1.165) is 34.4 Å². The number of fused-ring (bicyclic) bond motifs is 2. The van der Waals surface area contributed by atoms with Crippen LogP contribution >= 0.6 is 34.7 Å². The number of amides is 1. The molecule has 9 heteroatoms. The molecule has 4 aromatic rings. The van der Waals surface area contributed by atoms with E-state index >= 15 is 0 Å². The fourth-order valence-corrected chi connectivity index (χ4v) is 5.60. The lowest BCUT2D eigenvalue weighted by atomic mass is 10.0. The summed E-state index contributed by atoms with van der Waals surface area (Å²) in [5, 5.41) is 5.06. The van der Waals surface area contributed by atoms with Gasteiger partial charge in [0.25, 0.3) is 0 Å². The molecule has 1 amide bonds. The normalized spacial score (nSPS) is 13.3. The maximum Gasteiger partial charge on any atom is 0.234 e. The van der Waals surface area contributed by atoms with Crippen molar-refractivity contribution in [1.82, 2.24) is 15.0 Å². The number of thiazole rings is 1. The summed E-state index contributed by atoms with van der Waals surface area (Å²) >= 11 is 9.08. The quantitative estimate of drug-likeness (QED) is 0.328. The Kier molecular flexibility index (Phi) is 5.76. The molecule has 1 N–H and O–H groups in total. The van der Waals surface area contributed by atoms with Gasteiger partial charge in [0.2, 0.25) is 5.91 Å². The first kappa shape index (κ1) is 20.2. The molecule has 156 valence electrons. The third-order valence-electron chi connectivity index (χ3n) is 5.04. The predicted octanol–water partition coefficient (Wildman–Crippen LogP) is 5.03. The molecular formula is C22H18ClN5OS2. The molecule has 0 unspecified atom stereocenters. The van der Waals surface area contributed by atoms with Crippen molar-refractivity contribution in [3.63, 3.8) is 0 Å². The van der Waals surface area contributed by atoms with Crippen molar-refractivity contribution in [1.29, 1.82) is 0 Å². The minimum Gasteiger partial charge on any atom is -0.343 e. The van der Waals surface area contributed by atoms with Gasteiger partial charge in [-0.25, -0.2) is 9.97 Å². The number of aromatic nitrogens is 3. The van der Waals surface area contributed by atoms with Gasteiger partial charge in [0.15, 0.2) is 10.8 Å². The first-order valence-electron chi connectivity index (χ1n) is 9.78. The van der Waals surface area contributed by atoms with Gasteiger partial charge in [-0.2, -0.15) is 4.98 Å². The molecule has 0 saturated heterocycles. The maximum absolute atomic E-state index is 12.4. The van der Waals surface area contributed by atoms with Crippen molar-refractivity contribution in [2.24, 2.45) is 0 Å². The van der Waals surface area contributed by atoms with Crippen LogP contribution < -0.4 is 10.2 Å². The van der Waals surface area contributed by atoms with E-state index < -0.39 is 0 Å². The molecule has 5 rings (SSSR count). The number of nitrogens with zero attached hydrogens (tertiary/aromatic N) is 4. The van der Waals surface area contributed by atoms with E-state index in [-0.39, 0.29) is 11.7 Å². The van der Waals surface area contributed by atoms with Crippen LogP contribution in [0.2, 0.25) is 5.02 Å². The number of nitrogens with one attached hydrogen (secondary N) is 1. The van der Waals surface area contributed by atoms with Gasteiger partial charge in [-0.15, -0.1) is 0 Å². The minimum absolute atomic E-state index is 0.137. The largest absolute Gasteiger partial charge is 0.343 e. The van der Waals surface area contributed by atoms with Crippen LogP contribution in [0.3, 0.4) is 0 Å². The lowest BCUT2D eigenvalue weighted by Crippen LogP contribution is -2.30. The molecule has 2 aromatic carbocycles. The first-order chi connectivity index (χ1) is 15.2. The maximum atomic E-state index is 12.4. The molecule has 0 radical (unpaired) electrons. The van der Waals surface area contributed by atoms with Crippen LogP contribution in [0.25, 0.3) is 10.3 Å². The van der Waals surface area contributed by atoms with Gasteiger partial charge >= 0.3 is 0 Å². The summed E-state index contributed by atoms with van der Waals surface area (Å²) in [5.74, 6) is 0.0871. The van der Waals surface area contributed by atoms with Crippen LogP contribution in [-0.2, 0) is 17.8 Å². The van der Waals surface area contributed by atoms with Crippen molar-refractivity contribution in [2.75, 3.05) is 22.5 Å². The highest BCUT2D eigenvalue weighted by atomic mass is 35.5. The first-order valence-corrected chi connectivity index (χ1v) is 12.0. The van der Waals surface area contributed by atoms with Gasteiger partial charge in [0.05, 0.1) is 16.5 Å². The highest BCUT2D eigenvalue weighted by Crippen LogP contribution is 2.35. The second-order valence-corrected chi connectivity index (χ2v) is 9.43. The van der Waals surface area contributed by atoms with Crippen LogP contribution in [0.4, 0.5) is 10.8 Å². The average molecular weight is 468 g/mol. The number of hydrogen-bond donors (Lipinski definition) is 1. The van der Waals surface area contributed by atoms with Crippen LogP contribution in [0.15, 0.2) is 59.9 Å². The predicted molar refractivity (Wildman–Crippen MR) is 127 cm³/mol.